The Morgan fingerprint density at radius 3 is 1.89 bits per heavy atom. The van der Waals surface area contributed by atoms with Crippen molar-refractivity contribution in [2.75, 3.05) is 0 Å². The highest BCUT2D eigenvalue weighted by molar-refractivity contribution is 5.18. The smallest absolute Gasteiger partial charge is 0.274 e. The maximum Gasteiger partial charge on any atom is 0.274 e. The first-order valence-electron chi connectivity index (χ1n) is 10.3. The Balaban J connectivity index is 2.28. The molecule has 1 atom stereocenters. The van der Waals surface area contributed by atoms with Crippen LogP contribution in [0.25, 0.3) is 0 Å². The highest BCUT2D eigenvalue weighted by atomic mass is 16.6. The molecule has 0 aromatic heterocycles. The number of hydrogen-bond acceptors (Lipinski definition) is 3. The van der Waals surface area contributed by atoms with Gasteiger partial charge in [0.15, 0.2) is 0 Å². The van der Waals surface area contributed by atoms with Gasteiger partial charge in [0.1, 0.15) is 5.60 Å². The summed E-state index contributed by atoms with van der Waals surface area (Å²) < 4.78 is 5.69. The summed E-state index contributed by atoms with van der Waals surface area (Å²) in [5, 5.41) is 10.4. The molecule has 0 fully saturated rings. The SMILES string of the molecule is CCCCC(/C=C(\O)OC(C)(C)C)N(Cc1ccccc1)Cc1ccccc1. The van der Waals surface area contributed by atoms with Crippen LogP contribution in [-0.2, 0) is 17.8 Å². The summed E-state index contributed by atoms with van der Waals surface area (Å²) in [6.45, 7) is 9.69. The number of hydrogen-bond donors (Lipinski definition) is 1. The third kappa shape index (κ3) is 8.18. The van der Waals surface area contributed by atoms with Gasteiger partial charge in [0.05, 0.1) is 0 Å². The fourth-order valence-electron chi connectivity index (χ4n) is 3.22. The molecule has 3 heteroatoms. The van der Waals surface area contributed by atoms with Crippen LogP contribution in [0.1, 0.15) is 58.1 Å². The fraction of sp³-hybridized carbons (Fsp3) is 0.440. The van der Waals surface area contributed by atoms with Crippen molar-refractivity contribution in [3.05, 3.63) is 83.8 Å². The van der Waals surface area contributed by atoms with Gasteiger partial charge < -0.3 is 9.84 Å². The third-order valence-electron chi connectivity index (χ3n) is 4.53. The molecule has 0 saturated carbocycles. The predicted molar refractivity (Wildman–Crippen MR) is 117 cm³/mol. The molecule has 0 saturated heterocycles. The lowest BCUT2D eigenvalue weighted by molar-refractivity contribution is -0.0173. The van der Waals surface area contributed by atoms with Crippen LogP contribution in [0, 0.1) is 0 Å². The Hall–Kier alpha value is -2.26. The summed E-state index contributed by atoms with van der Waals surface area (Å²) in [6, 6.07) is 21.1. The van der Waals surface area contributed by atoms with E-state index in [4.69, 9.17) is 4.74 Å². The number of aliphatic hydroxyl groups excluding tert-OH is 1. The molecule has 0 spiro atoms. The highest BCUT2D eigenvalue weighted by Crippen LogP contribution is 2.21. The van der Waals surface area contributed by atoms with E-state index >= 15 is 0 Å². The maximum atomic E-state index is 10.4. The second kappa shape index (κ2) is 10.9. The molecular weight excluding hydrogens is 346 g/mol. The Bertz CT molecular complexity index is 663. The molecule has 2 aromatic carbocycles. The summed E-state index contributed by atoms with van der Waals surface area (Å²) in [7, 11) is 0. The van der Waals surface area contributed by atoms with E-state index in [9.17, 15) is 5.11 Å². The van der Waals surface area contributed by atoms with Crippen LogP contribution in [0.4, 0.5) is 0 Å². The normalized spacial score (nSPS) is 13.5. The largest absolute Gasteiger partial charge is 0.481 e. The molecule has 0 aliphatic carbocycles. The van der Waals surface area contributed by atoms with Crippen LogP contribution < -0.4 is 0 Å². The van der Waals surface area contributed by atoms with Gasteiger partial charge in [-0.25, -0.2) is 0 Å². The first-order chi connectivity index (χ1) is 13.4. The quantitative estimate of drug-likeness (QED) is 0.479. The topological polar surface area (TPSA) is 32.7 Å². The molecule has 0 radical (unpaired) electrons. The zero-order valence-electron chi connectivity index (χ0n) is 17.8. The summed E-state index contributed by atoms with van der Waals surface area (Å²) in [5.74, 6) is 0.0136. The van der Waals surface area contributed by atoms with Crippen LogP contribution in [0.15, 0.2) is 72.7 Å². The summed E-state index contributed by atoms with van der Waals surface area (Å²) in [4.78, 5) is 2.42. The van der Waals surface area contributed by atoms with Crippen molar-refractivity contribution in [2.24, 2.45) is 0 Å². The van der Waals surface area contributed by atoms with Gasteiger partial charge in [0, 0.05) is 25.2 Å². The Morgan fingerprint density at radius 2 is 1.46 bits per heavy atom. The molecule has 2 rings (SSSR count). The van der Waals surface area contributed by atoms with Crippen LogP contribution in [0.3, 0.4) is 0 Å². The highest BCUT2D eigenvalue weighted by Gasteiger charge is 2.20. The second-order valence-corrected chi connectivity index (χ2v) is 8.31. The summed E-state index contributed by atoms with van der Waals surface area (Å²) >= 11 is 0. The van der Waals surface area contributed by atoms with Gasteiger partial charge in [0.25, 0.3) is 5.95 Å². The molecule has 152 valence electrons. The second-order valence-electron chi connectivity index (χ2n) is 8.31. The lowest BCUT2D eigenvalue weighted by Crippen LogP contribution is -2.34. The molecule has 1 N–H and O–H groups in total. The van der Waals surface area contributed by atoms with Crippen LogP contribution in [0.5, 0.6) is 0 Å². The number of ether oxygens (including phenoxy) is 1. The van der Waals surface area contributed by atoms with Crippen molar-refractivity contribution in [3.8, 4) is 0 Å². The molecule has 0 aliphatic heterocycles. The van der Waals surface area contributed by atoms with E-state index in [-0.39, 0.29) is 12.0 Å². The number of nitrogens with zero attached hydrogens (tertiary/aromatic N) is 1. The van der Waals surface area contributed by atoms with Crippen molar-refractivity contribution < 1.29 is 9.84 Å². The molecule has 0 bridgehead atoms. The third-order valence-corrected chi connectivity index (χ3v) is 4.53. The fourth-order valence-corrected chi connectivity index (χ4v) is 3.22. The van der Waals surface area contributed by atoms with E-state index in [1.165, 1.54) is 11.1 Å². The molecule has 0 amide bonds. The Kier molecular flexibility index (Phi) is 8.59. The van der Waals surface area contributed by atoms with Crippen LogP contribution in [0.2, 0.25) is 0 Å². The molecule has 3 nitrogen and oxygen atoms in total. The van der Waals surface area contributed by atoms with E-state index in [2.05, 4.69) is 60.4 Å². The zero-order chi connectivity index (χ0) is 20.4. The minimum atomic E-state index is -0.417. The van der Waals surface area contributed by atoms with Gasteiger partial charge in [0.2, 0.25) is 0 Å². The van der Waals surface area contributed by atoms with Gasteiger partial charge in [-0.1, -0.05) is 80.4 Å². The lowest BCUT2D eigenvalue weighted by Gasteiger charge is -2.31. The molecule has 2 aromatic rings. The Labute approximate surface area is 170 Å². The predicted octanol–water partition coefficient (Wildman–Crippen LogP) is 6.46. The van der Waals surface area contributed by atoms with E-state index in [0.717, 1.165) is 32.4 Å². The van der Waals surface area contributed by atoms with E-state index < -0.39 is 5.60 Å². The number of rotatable bonds is 10. The molecule has 0 heterocycles. The Morgan fingerprint density at radius 1 is 0.964 bits per heavy atom. The molecule has 0 aliphatic rings. The van der Waals surface area contributed by atoms with Gasteiger partial charge in [-0.05, 0) is 38.3 Å². The van der Waals surface area contributed by atoms with Crippen molar-refractivity contribution in [2.45, 2.75) is 71.7 Å². The zero-order valence-corrected chi connectivity index (χ0v) is 17.8. The first kappa shape index (κ1) is 22.0. The summed E-state index contributed by atoms with van der Waals surface area (Å²) in [5.41, 5.74) is 2.12. The van der Waals surface area contributed by atoms with Crippen molar-refractivity contribution >= 4 is 0 Å². The number of aliphatic hydroxyl groups is 1. The minimum Gasteiger partial charge on any atom is -0.481 e. The summed E-state index contributed by atoms with van der Waals surface area (Å²) in [6.07, 6.45) is 5.08. The van der Waals surface area contributed by atoms with Gasteiger partial charge in [-0.3, -0.25) is 4.90 Å². The number of unbranched alkanes of at least 4 members (excludes halogenated alkanes) is 1. The van der Waals surface area contributed by atoms with Gasteiger partial charge in [-0.15, -0.1) is 0 Å². The van der Waals surface area contributed by atoms with E-state index in [1.807, 2.05) is 39.0 Å². The number of benzene rings is 2. The molecular formula is C25H35NO2. The van der Waals surface area contributed by atoms with Crippen LogP contribution in [-0.4, -0.2) is 21.6 Å². The van der Waals surface area contributed by atoms with Crippen LogP contribution >= 0.6 is 0 Å². The minimum absolute atomic E-state index is 0.0136. The molecule has 1 unspecified atom stereocenters. The average molecular weight is 382 g/mol. The van der Waals surface area contributed by atoms with Gasteiger partial charge >= 0.3 is 0 Å². The van der Waals surface area contributed by atoms with Gasteiger partial charge in [-0.2, -0.15) is 0 Å². The van der Waals surface area contributed by atoms with Crippen molar-refractivity contribution in [1.82, 2.24) is 4.90 Å². The van der Waals surface area contributed by atoms with E-state index in [1.54, 1.807) is 0 Å². The monoisotopic (exact) mass is 381 g/mol. The van der Waals surface area contributed by atoms with E-state index in [0.29, 0.717) is 0 Å². The standard InChI is InChI=1S/C25H35NO2/c1-5-6-17-23(18-24(27)28-25(2,3)4)26(19-21-13-9-7-10-14-21)20-22-15-11-8-12-16-22/h7-16,18,23,27H,5-6,17,19-20H2,1-4H3/b24-18+. The van der Waals surface area contributed by atoms with Crippen molar-refractivity contribution in [3.63, 3.8) is 0 Å². The first-order valence-corrected chi connectivity index (χ1v) is 10.3. The maximum absolute atomic E-state index is 10.4. The average Bonchev–Trinajstić information content (AvgIpc) is 2.65. The van der Waals surface area contributed by atoms with Crippen molar-refractivity contribution in [1.29, 1.82) is 0 Å². The lowest BCUT2D eigenvalue weighted by atomic mass is 10.0. The molecule has 28 heavy (non-hydrogen) atoms.